The van der Waals surface area contributed by atoms with Gasteiger partial charge in [-0.2, -0.15) is 0 Å². The molecular formula is C32H40N4O8. The molecule has 1 fully saturated rings. The van der Waals surface area contributed by atoms with Gasteiger partial charge in [0, 0.05) is 6.54 Å². The van der Waals surface area contributed by atoms with Gasteiger partial charge in [0.05, 0.1) is 12.5 Å². The number of carbonyl (C=O) groups excluding carboxylic acids is 3. The number of likely N-dealkylation sites (tertiary alicyclic amines) is 1. The van der Waals surface area contributed by atoms with Crippen molar-refractivity contribution in [1.29, 1.82) is 0 Å². The van der Waals surface area contributed by atoms with Crippen LogP contribution >= 0.6 is 0 Å². The van der Waals surface area contributed by atoms with Gasteiger partial charge in [-0.05, 0) is 47.9 Å². The van der Waals surface area contributed by atoms with Crippen molar-refractivity contribution >= 4 is 35.0 Å². The highest BCUT2D eigenvalue weighted by Gasteiger charge is 2.40. The lowest BCUT2D eigenvalue weighted by Gasteiger charge is -2.32. The minimum absolute atomic E-state index is 0.0103. The molecule has 1 unspecified atom stereocenters. The zero-order valence-electron chi connectivity index (χ0n) is 25.4. The predicted octanol–water partition coefficient (Wildman–Crippen LogP) is 3.57. The van der Waals surface area contributed by atoms with Gasteiger partial charge in [0.15, 0.2) is 11.7 Å². The first kappa shape index (κ1) is 32.5. The maximum absolute atomic E-state index is 13.6. The largest absolute Gasteiger partial charge is 0.481 e. The number of carboxylic acids is 1. The van der Waals surface area contributed by atoms with Crippen molar-refractivity contribution in [3.63, 3.8) is 0 Å². The number of carbonyl (C=O) groups is 4. The van der Waals surface area contributed by atoms with E-state index in [9.17, 15) is 24.3 Å². The highest BCUT2D eigenvalue weighted by atomic mass is 16.5. The molecule has 3 amide bonds. The number of amides is 3. The van der Waals surface area contributed by atoms with E-state index in [4.69, 9.17) is 14.3 Å². The van der Waals surface area contributed by atoms with Gasteiger partial charge >= 0.3 is 12.1 Å². The monoisotopic (exact) mass is 608 g/mol. The summed E-state index contributed by atoms with van der Waals surface area (Å²) in [6, 6.07) is 11.5. The van der Waals surface area contributed by atoms with Gasteiger partial charge in [-0.25, -0.2) is 9.78 Å². The summed E-state index contributed by atoms with van der Waals surface area (Å²) in [4.78, 5) is 56.7. The van der Waals surface area contributed by atoms with E-state index in [0.29, 0.717) is 36.0 Å². The molecule has 12 heteroatoms. The lowest BCUT2D eigenvalue weighted by Crippen LogP contribution is -2.56. The van der Waals surface area contributed by atoms with Crippen LogP contribution in [0.1, 0.15) is 63.7 Å². The summed E-state index contributed by atoms with van der Waals surface area (Å²) in [7, 11) is 0. The van der Waals surface area contributed by atoms with E-state index >= 15 is 0 Å². The number of nitrogens with zero attached hydrogens (tertiary/aromatic N) is 2. The van der Waals surface area contributed by atoms with Crippen molar-refractivity contribution in [1.82, 2.24) is 20.5 Å². The number of hydrogen-bond acceptors (Lipinski definition) is 8. The average molecular weight is 609 g/mol. The molecule has 1 saturated heterocycles. The Morgan fingerprint density at radius 3 is 2.41 bits per heavy atom. The van der Waals surface area contributed by atoms with Crippen LogP contribution in [0.4, 0.5) is 4.79 Å². The zero-order chi connectivity index (χ0) is 32.0. The van der Waals surface area contributed by atoms with Gasteiger partial charge in [0.1, 0.15) is 24.2 Å². The van der Waals surface area contributed by atoms with Crippen LogP contribution in [-0.2, 0) is 32.1 Å². The van der Waals surface area contributed by atoms with E-state index in [1.165, 1.54) is 4.90 Å². The average Bonchev–Trinajstić information content (AvgIpc) is 3.64. The van der Waals surface area contributed by atoms with Crippen LogP contribution in [0.5, 0.6) is 0 Å². The van der Waals surface area contributed by atoms with E-state index < -0.39 is 42.2 Å². The second-order valence-electron chi connectivity index (χ2n) is 11.8. The minimum atomic E-state index is -1.30. The fourth-order valence-electron chi connectivity index (χ4n) is 5.31. The van der Waals surface area contributed by atoms with E-state index in [1.54, 1.807) is 32.0 Å². The van der Waals surface area contributed by atoms with Crippen molar-refractivity contribution in [2.24, 2.45) is 11.8 Å². The predicted molar refractivity (Wildman–Crippen MR) is 160 cm³/mol. The third kappa shape index (κ3) is 7.93. The summed E-state index contributed by atoms with van der Waals surface area (Å²) >= 11 is 0. The van der Waals surface area contributed by atoms with Crippen LogP contribution in [0, 0.1) is 11.8 Å². The summed E-state index contributed by atoms with van der Waals surface area (Å²) in [5.74, 6) is -2.30. The molecule has 1 aromatic heterocycles. The second-order valence-corrected chi connectivity index (χ2v) is 11.8. The number of aliphatic hydroxyl groups is 1. The molecule has 44 heavy (non-hydrogen) atoms. The Labute approximate surface area is 255 Å². The van der Waals surface area contributed by atoms with Gasteiger partial charge in [-0.15, -0.1) is 0 Å². The van der Waals surface area contributed by atoms with Gasteiger partial charge in [-0.1, -0.05) is 64.1 Å². The van der Waals surface area contributed by atoms with Crippen molar-refractivity contribution in [2.75, 3.05) is 6.54 Å². The number of carboxylic acid groups (broad SMARTS) is 1. The van der Waals surface area contributed by atoms with Crippen LogP contribution in [0.2, 0.25) is 0 Å². The molecule has 0 spiro atoms. The molecule has 3 aromatic rings. The SMILES string of the molecule is CC(C)[C@H](NC(=O)[C@@H]1CCCN1C(=O)[C@@H](NC(=O)OCc1ccccc1)C(C)C)C(O)c1nc2cc(CC(=O)O)ccc2o1. The highest BCUT2D eigenvalue weighted by molar-refractivity contribution is 5.92. The summed E-state index contributed by atoms with van der Waals surface area (Å²) in [6.07, 6.45) is -1.17. The van der Waals surface area contributed by atoms with E-state index in [1.807, 2.05) is 44.2 Å². The number of aliphatic carboxylic acids is 1. The molecule has 4 N–H and O–H groups in total. The summed E-state index contributed by atoms with van der Waals surface area (Å²) in [5, 5.41) is 25.9. The van der Waals surface area contributed by atoms with Gasteiger partial charge in [0.2, 0.25) is 17.7 Å². The Bertz CT molecular complexity index is 1470. The van der Waals surface area contributed by atoms with E-state index in [2.05, 4.69) is 15.6 Å². The third-order valence-corrected chi connectivity index (χ3v) is 7.70. The molecule has 4 atom stereocenters. The first-order valence-corrected chi connectivity index (χ1v) is 14.8. The fourth-order valence-corrected chi connectivity index (χ4v) is 5.31. The van der Waals surface area contributed by atoms with Gasteiger partial charge in [0.25, 0.3) is 0 Å². The van der Waals surface area contributed by atoms with Crippen molar-refractivity contribution in [2.45, 2.75) is 77.8 Å². The number of nitrogens with one attached hydrogen (secondary N) is 2. The summed E-state index contributed by atoms with van der Waals surface area (Å²) in [6.45, 7) is 7.68. The Hall–Kier alpha value is -4.45. The molecule has 2 heterocycles. The van der Waals surface area contributed by atoms with Gasteiger partial charge < -0.3 is 34.9 Å². The van der Waals surface area contributed by atoms with Crippen LogP contribution in [0.15, 0.2) is 52.9 Å². The third-order valence-electron chi connectivity index (χ3n) is 7.70. The quantitative estimate of drug-likeness (QED) is 0.240. The summed E-state index contributed by atoms with van der Waals surface area (Å²) in [5.41, 5.74) is 2.13. The summed E-state index contributed by atoms with van der Waals surface area (Å²) < 4.78 is 11.1. The molecule has 2 aromatic carbocycles. The number of rotatable bonds is 12. The Balaban J connectivity index is 1.43. The molecule has 1 aliphatic rings. The standard InChI is InChI=1S/C32H40N4O8/c1-18(2)26(28(39)30-33-22-15-21(16-25(37)38)12-13-24(22)44-30)34-29(40)23-11-8-14-36(23)31(41)27(19(3)4)35-32(42)43-17-20-9-6-5-7-10-20/h5-7,9-10,12-13,15,18-19,23,26-28,39H,8,11,14,16-17H2,1-4H3,(H,34,40)(H,35,42)(H,37,38)/t23-,26-,27-,28?/m0/s1. The normalized spacial score (nSPS) is 17.0. The Kier molecular flexibility index (Phi) is 10.6. The lowest BCUT2D eigenvalue weighted by molar-refractivity contribution is -0.141. The molecular weight excluding hydrogens is 568 g/mol. The zero-order valence-corrected chi connectivity index (χ0v) is 25.4. The Morgan fingerprint density at radius 1 is 1.02 bits per heavy atom. The Morgan fingerprint density at radius 2 is 1.75 bits per heavy atom. The van der Waals surface area contributed by atoms with E-state index in [-0.39, 0.29) is 36.7 Å². The number of fused-ring (bicyclic) bond motifs is 1. The lowest BCUT2D eigenvalue weighted by atomic mass is 9.97. The number of aliphatic hydroxyl groups excluding tert-OH is 1. The number of benzene rings is 2. The number of hydrogen-bond donors (Lipinski definition) is 4. The van der Waals surface area contributed by atoms with Crippen molar-refractivity contribution < 1.29 is 38.5 Å². The molecule has 12 nitrogen and oxygen atoms in total. The maximum Gasteiger partial charge on any atom is 0.408 e. The first-order chi connectivity index (χ1) is 20.9. The number of aromatic nitrogens is 1. The van der Waals surface area contributed by atoms with Crippen LogP contribution in [-0.4, -0.2) is 68.6 Å². The highest BCUT2D eigenvalue weighted by Crippen LogP contribution is 2.27. The van der Waals surface area contributed by atoms with Gasteiger partial charge in [-0.3, -0.25) is 14.4 Å². The molecule has 0 saturated carbocycles. The second kappa shape index (κ2) is 14.3. The minimum Gasteiger partial charge on any atom is -0.481 e. The smallest absolute Gasteiger partial charge is 0.408 e. The van der Waals surface area contributed by atoms with Crippen LogP contribution in [0.25, 0.3) is 11.1 Å². The van der Waals surface area contributed by atoms with Crippen LogP contribution < -0.4 is 10.6 Å². The molecule has 0 bridgehead atoms. The fraction of sp³-hybridized carbons (Fsp3) is 0.469. The van der Waals surface area contributed by atoms with Crippen LogP contribution in [0.3, 0.4) is 0 Å². The number of oxazole rings is 1. The molecule has 0 aliphatic carbocycles. The van der Waals surface area contributed by atoms with E-state index in [0.717, 1.165) is 5.56 Å². The maximum atomic E-state index is 13.6. The number of ether oxygens (including phenoxy) is 1. The molecule has 4 rings (SSSR count). The van der Waals surface area contributed by atoms with Crippen molar-refractivity contribution in [3.8, 4) is 0 Å². The van der Waals surface area contributed by atoms with Crippen molar-refractivity contribution in [3.05, 3.63) is 65.5 Å². The molecule has 1 aliphatic heterocycles. The topological polar surface area (TPSA) is 171 Å². The first-order valence-electron chi connectivity index (χ1n) is 14.8. The molecule has 236 valence electrons. The molecule has 0 radical (unpaired) electrons. The number of alkyl carbamates (subject to hydrolysis) is 1.